The maximum Gasteiger partial charge on any atom is 0.239 e. The van der Waals surface area contributed by atoms with E-state index in [0.717, 1.165) is 12.8 Å². The van der Waals surface area contributed by atoms with Crippen LogP contribution in [0.3, 0.4) is 0 Å². The molecule has 1 N–H and O–H groups in total. The lowest BCUT2D eigenvalue weighted by atomic mass is 10.0. The first kappa shape index (κ1) is 13.5. The molecule has 94 valence electrons. The van der Waals surface area contributed by atoms with Gasteiger partial charge in [-0.25, -0.2) is 0 Å². The van der Waals surface area contributed by atoms with Crippen LogP contribution >= 0.6 is 0 Å². The summed E-state index contributed by atoms with van der Waals surface area (Å²) in [6.45, 7) is 4.60. The van der Waals surface area contributed by atoms with Crippen molar-refractivity contribution in [3.05, 3.63) is 0 Å². The van der Waals surface area contributed by atoms with Gasteiger partial charge in [-0.1, -0.05) is 6.92 Å². The largest absolute Gasteiger partial charge is 0.353 e. The molecular formula is C12H19N3O2. The van der Waals surface area contributed by atoms with Crippen molar-refractivity contribution >= 4 is 11.8 Å². The highest BCUT2D eigenvalue weighted by Gasteiger charge is 2.27. The van der Waals surface area contributed by atoms with E-state index in [-0.39, 0.29) is 17.9 Å². The summed E-state index contributed by atoms with van der Waals surface area (Å²) in [6, 6.07) is 2.20. The lowest BCUT2D eigenvalue weighted by molar-refractivity contribution is -0.135. The molecule has 5 heteroatoms. The second-order valence-corrected chi connectivity index (χ2v) is 4.39. The number of hydrogen-bond acceptors (Lipinski definition) is 3. The van der Waals surface area contributed by atoms with Crippen molar-refractivity contribution in [1.29, 1.82) is 5.26 Å². The van der Waals surface area contributed by atoms with Crippen LogP contribution < -0.4 is 5.32 Å². The first-order valence-corrected chi connectivity index (χ1v) is 6.04. The van der Waals surface area contributed by atoms with Gasteiger partial charge in [0.25, 0.3) is 0 Å². The van der Waals surface area contributed by atoms with Crippen molar-refractivity contribution in [2.75, 3.05) is 13.1 Å². The summed E-state index contributed by atoms with van der Waals surface area (Å²) in [7, 11) is 0. The predicted molar refractivity (Wildman–Crippen MR) is 62.8 cm³/mol. The van der Waals surface area contributed by atoms with Gasteiger partial charge in [-0.3, -0.25) is 9.59 Å². The van der Waals surface area contributed by atoms with Crippen LogP contribution in [-0.2, 0) is 9.59 Å². The number of nitrogens with zero attached hydrogens (tertiary/aromatic N) is 2. The van der Waals surface area contributed by atoms with Crippen LogP contribution in [0.4, 0.5) is 0 Å². The molecule has 1 unspecified atom stereocenters. The minimum atomic E-state index is -0.521. The summed E-state index contributed by atoms with van der Waals surface area (Å²) in [5.41, 5.74) is 0. The summed E-state index contributed by atoms with van der Waals surface area (Å²) < 4.78 is 0. The number of amides is 2. The number of carbonyl (C=O) groups is 2. The Kier molecular flexibility index (Phi) is 4.95. The Labute approximate surface area is 102 Å². The highest BCUT2D eigenvalue weighted by Crippen LogP contribution is 2.14. The third-order valence-electron chi connectivity index (χ3n) is 3.08. The van der Waals surface area contributed by atoms with Gasteiger partial charge < -0.3 is 10.2 Å². The predicted octanol–water partition coefficient (Wildman–Crippen LogP) is 0.663. The molecule has 1 aliphatic rings. The molecule has 0 saturated carbocycles. The van der Waals surface area contributed by atoms with E-state index in [1.165, 1.54) is 6.92 Å². The van der Waals surface area contributed by atoms with E-state index < -0.39 is 5.92 Å². The lowest BCUT2D eigenvalue weighted by Crippen LogP contribution is -2.47. The first-order valence-electron chi connectivity index (χ1n) is 6.04. The number of likely N-dealkylation sites (tertiary alicyclic amines) is 1. The molecule has 0 aromatic heterocycles. The molecule has 1 saturated heterocycles. The molecular weight excluding hydrogens is 218 g/mol. The molecule has 1 heterocycles. The van der Waals surface area contributed by atoms with Gasteiger partial charge in [0.1, 0.15) is 5.92 Å². The van der Waals surface area contributed by atoms with Gasteiger partial charge >= 0.3 is 0 Å². The lowest BCUT2D eigenvalue weighted by Gasteiger charge is -2.33. The summed E-state index contributed by atoms with van der Waals surface area (Å²) in [4.78, 5) is 24.5. The summed E-state index contributed by atoms with van der Waals surface area (Å²) >= 11 is 0. The quantitative estimate of drug-likeness (QED) is 0.783. The van der Waals surface area contributed by atoms with Crippen LogP contribution in [0.25, 0.3) is 0 Å². The van der Waals surface area contributed by atoms with Crippen LogP contribution in [0.5, 0.6) is 0 Å². The Morgan fingerprint density at radius 2 is 2.06 bits per heavy atom. The number of piperidine rings is 1. The van der Waals surface area contributed by atoms with Crippen molar-refractivity contribution in [3.8, 4) is 6.07 Å². The number of hydrogen-bond donors (Lipinski definition) is 1. The summed E-state index contributed by atoms with van der Waals surface area (Å²) in [6.07, 6.45) is 2.10. The molecule has 1 fully saturated rings. The Morgan fingerprint density at radius 3 is 2.47 bits per heavy atom. The fraction of sp³-hybridized carbons (Fsp3) is 0.750. The monoisotopic (exact) mass is 237 g/mol. The molecule has 0 bridgehead atoms. The Balaban J connectivity index is 2.44. The van der Waals surface area contributed by atoms with Gasteiger partial charge in [-0.15, -0.1) is 0 Å². The zero-order valence-electron chi connectivity index (χ0n) is 10.4. The highest BCUT2D eigenvalue weighted by molar-refractivity contribution is 5.81. The van der Waals surface area contributed by atoms with Crippen LogP contribution in [0.1, 0.15) is 33.1 Å². The van der Waals surface area contributed by atoms with E-state index in [9.17, 15) is 9.59 Å². The maximum absolute atomic E-state index is 11.9. The van der Waals surface area contributed by atoms with E-state index in [4.69, 9.17) is 5.26 Å². The standard InChI is InChI=1S/C12H19N3O2/c1-3-10(8-13)12(17)15-6-4-11(5-7-15)14-9(2)16/h10-11H,3-7H2,1-2H3,(H,14,16). The molecule has 17 heavy (non-hydrogen) atoms. The number of nitrogens with one attached hydrogen (secondary N) is 1. The normalized spacial score (nSPS) is 18.3. The zero-order chi connectivity index (χ0) is 12.8. The van der Waals surface area contributed by atoms with E-state index >= 15 is 0 Å². The second kappa shape index (κ2) is 6.24. The molecule has 0 spiro atoms. The Hall–Kier alpha value is -1.57. The number of rotatable bonds is 3. The average molecular weight is 237 g/mol. The van der Waals surface area contributed by atoms with E-state index in [1.54, 1.807) is 4.90 Å². The smallest absolute Gasteiger partial charge is 0.239 e. The molecule has 1 aliphatic heterocycles. The number of nitriles is 1. The van der Waals surface area contributed by atoms with Crippen molar-refractivity contribution < 1.29 is 9.59 Å². The number of carbonyl (C=O) groups excluding carboxylic acids is 2. The van der Waals surface area contributed by atoms with Crippen molar-refractivity contribution in [2.24, 2.45) is 5.92 Å². The van der Waals surface area contributed by atoms with Gasteiger partial charge in [-0.2, -0.15) is 5.26 Å². The molecule has 0 aromatic rings. The SMILES string of the molecule is CCC(C#N)C(=O)N1CCC(NC(C)=O)CC1. The molecule has 5 nitrogen and oxygen atoms in total. The minimum absolute atomic E-state index is 0.0294. The molecule has 0 aromatic carbocycles. The topological polar surface area (TPSA) is 73.2 Å². The van der Waals surface area contributed by atoms with Crippen molar-refractivity contribution in [1.82, 2.24) is 10.2 Å². The van der Waals surface area contributed by atoms with Crippen LogP contribution in [0.2, 0.25) is 0 Å². The van der Waals surface area contributed by atoms with E-state index in [1.807, 2.05) is 13.0 Å². The van der Waals surface area contributed by atoms with E-state index in [0.29, 0.717) is 19.5 Å². The van der Waals surface area contributed by atoms with Crippen LogP contribution in [0, 0.1) is 17.2 Å². The third-order valence-corrected chi connectivity index (χ3v) is 3.08. The highest BCUT2D eigenvalue weighted by atomic mass is 16.2. The Bertz CT molecular complexity index is 327. The van der Waals surface area contributed by atoms with Gasteiger partial charge in [0.05, 0.1) is 6.07 Å². The van der Waals surface area contributed by atoms with Crippen LogP contribution in [-0.4, -0.2) is 35.8 Å². The molecule has 1 rings (SSSR count). The molecule has 1 atom stereocenters. The van der Waals surface area contributed by atoms with Gasteiger partial charge in [0.2, 0.25) is 11.8 Å². The average Bonchev–Trinajstić information content (AvgIpc) is 2.30. The second-order valence-electron chi connectivity index (χ2n) is 4.39. The van der Waals surface area contributed by atoms with E-state index in [2.05, 4.69) is 5.32 Å². The molecule has 0 radical (unpaired) electrons. The summed E-state index contributed by atoms with van der Waals surface area (Å²) in [5, 5.41) is 11.7. The minimum Gasteiger partial charge on any atom is -0.353 e. The fourth-order valence-electron chi connectivity index (χ4n) is 2.07. The zero-order valence-corrected chi connectivity index (χ0v) is 10.4. The van der Waals surface area contributed by atoms with Crippen LogP contribution in [0.15, 0.2) is 0 Å². The first-order chi connectivity index (χ1) is 8.08. The fourth-order valence-corrected chi connectivity index (χ4v) is 2.07. The van der Waals surface area contributed by atoms with Gasteiger partial charge in [0, 0.05) is 26.1 Å². The third kappa shape index (κ3) is 3.74. The van der Waals surface area contributed by atoms with Crippen molar-refractivity contribution in [3.63, 3.8) is 0 Å². The summed E-state index contributed by atoms with van der Waals surface area (Å²) in [5.74, 6) is -0.623. The molecule has 2 amide bonds. The van der Waals surface area contributed by atoms with Gasteiger partial charge in [0.15, 0.2) is 0 Å². The van der Waals surface area contributed by atoms with Crippen molar-refractivity contribution in [2.45, 2.75) is 39.2 Å². The molecule has 0 aliphatic carbocycles. The van der Waals surface area contributed by atoms with Gasteiger partial charge in [-0.05, 0) is 19.3 Å². The maximum atomic E-state index is 11.9. The Morgan fingerprint density at radius 1 is 1.47 bits per heavy atom.